The Bertz CT molecular complexity index is 359. The van der Waals surface area contributed by atoms with Gasteiger partial charge < -0.3 is 5.32 Å². The molecule has 72 valence electrons. The summed E-state index contributed by atoms with van der Waals surface area (Å²) in [6, 6.07) is 7.62. The van der Waals surface area contributed by atoms with E-state index < -0.39 is 0 Å². The Morgan fingerprint density at radius 3 is 2.43 bits per heavy atom. The van der Waals surface area contributed by atoms with E-state index in [2.05, 4.69) is 11.2 Å². The van der Waals surface area contributed by atoms with Crippen molar-refractivity contribution in [3.05, 3.63) is 35.4 Å². The molecular weight excluding hydrogens is 174 g/mol. The SMILES string of the molecule is C#Cc1ccc([C@H](C)NC(C)=O)cc1. The molecule has 0 bridgehead atoms. The average Bonchev–Trinajstić information content (AvgIpc) is 2.17. The molecule has 0 fully saturated rings. The number of rotatable bonds is 2. The van der Waals surface area contributed by atoms with Gasteiger partial charge in [0, 0.05) is 12.5 Å². The average molecular weight is 187 g/mol. The minimum Gasteiger partial charge on any atom is -0.350 e. The minimum absolute atomic E-state index is 0.0272. The van der Waals surface area contributed by atoms with Crippen LogP contribution in [0.15, 0.2) is 24.3 Å². The highest BCUT2D eigenvalue weighted by Gasteiger charge is 2.05. The molecule has 0 aliphatic heterocycles. The molecule has 14 heavy (non-hydrogen) atoms. The lowest BCUT2D eigenvalue weighted by atomic mass is 10.1. The first kappa shape index (κ1) is 10.3. The lowest BCUT2D eigenvalue weighted by molar-refractivity contribution is -0.119. The van der Waals surface area contributed by atoms with Gasteiger partial charge in [0.15, 0.2) is 0 Å². The highest BCUT2D eigenvalue weighted by Crippen LogP contribution is 2.12. The van der Waals surface area contributed by atoms with Crippen molar-refractivity contribution in [2.45, 2.75) is 19.9 Å². The Labute approximate surface area is 84.3 Å². The first-order valence-electron chi connectivity index (χ1n) is 4.47. The van der Waals surface area contributed by atoms with Gasteiger partial charge in [-0.2, -0.15) is 0 Å². The van der Waals surface area contributed by atoms with E-state index in [1.54, 1.807) is 0 Å². The fourth-order valence-corrected chi connectivity index (χ4v) is 1.26. The van der Waals surface area contributed by atoms with Gasteiger partial charge in [-0.25, -0.2) is 0 Å². The summed E-state index contributed by atoms with van der Waals surface area (Å²) in [5, 5.41) is 2.81. The second-order valence-corrected chi connectivity index (χ2v) is 3.19. The molecule has 1 aromatic rings. The van der Waals surface area contributed by atoms with Crippen molar-refractivity contribution in [2.75, 3.05) is 0 Å². The number of amides is 1. The van der Waals surface area contributed by atoms with Crippen molar-refractivity contribution in [3.63, 3.8) is 0 Å². The van der Waals surface area contributed by atoms with Crippen LogP contribution in [0.2, 0.25) is 0 Å². The maximum absolute atomic E-state index is 10.8. The van der Waals surface area contributed by atoms with Crippen LogP contribution in [0.25, 0.3) is 0 Å². The summed E-state index contributed by atoms with van der Waals surface area (Å²) in [7, 11) is 0. The van der Waals surface area contributed by atoms with Crippen LogP contribution >= 0.6 is 0 Å². The van der Waals surface area contributed by atoms with Crippen LogP contribution in [0.1, 0.15) is 31.0 Å². The van der Waals surface area contributed by atoms with E-state index in [1.807, 2.05) is 31.2 Å². The van der Waals surface area contributed by atoms with Gasteiger partial charge in [0.1, 0.15) is 0 Å². The van der Waals surface area contributed by atoms with Gasteiger partial charge in [-0.15, -0.1) is 6.42 Å². The van der Waals surface area contributed by atoms with Crippen molar-refractivity contribution in [1.29, 1.82) is 0 Å². The summed E-state index contributed by atoms with van der Waals surface area (Å²) in [5.41, 5.74) is 1.91. The number of carbonyl (C=O) groups is 1. The second kappa shape index (κ2) is 4.48. The van der Waals surface area contributed by atoms with Gasteiger partial charge in [0.25, 0.3) is 0 Å². The Balaban J connectivity index is 2.77. The van der Waals surface area contributed by atoms with Crippen molar-refractivity contribution in [3.8, 4) is 12.3 Å². The highest BCUT2D eigenvalue weighted by atomic mass is 16.1. The van der Waals surface area contributed by atoms with E-state index in [-0.39, 0.29) is 11.9 Å². The topological polar surface area (TPSA) is 29.1 Å². The third-order valence-corrected chi connectivity index (χ3v) is 2.00. The Hall–Kier alpha value is -1.75. The lowest BCUT2D eigenvalue weighted by Gasteiger charge is -2.12. The van der Waals surface area contributed by atoms with Crippen molar-refractivity contribution < 1.29 is 4.79 Å². The monoisotopic (exact) mass is 187 g/mol. The van der Waals surface area contributed by atoms with E-state index >= 15 is 0 Å². The highest BCUT2D eigenvalue weighted by molar-refractivity contribution is 5.73. The molecule has 2 heteroatoms. The predicted molar refractivity (Wildman–Crippen MR) is 56.6 cm³/mol. The summed E-state index contributed by atoms with van der Waals surface area (Å²) in [5.74, 6) is 2.52. The van der Waals surface area contributed by atoms with Crippen LogP contribution < -0.4 is 5.32 Å². The number of benzene rings is 1. The van der Waals surface area contributed by atoms with Gasteiger partial charge in [0.05, 0.1) is 6.04 Å². The molecule has 0 radical (unpaired) electrons. The fraction of sp³-hybridized carbons (Fsp3) is 0.250. The van der Waals surface area contributed by atoms with E-state index in [1.165, 1.54) is 6.92 Å². The molecule has 1 aromatic carbocycles. The van der Waals surface area contributed by atoms with Crippen LogP contribution in [0.5, 0.6) is 0 Å². The molecule has 1 atom stereocenters. The molecule has 1 rings (SSSR count). The molecular formula is C12H13NO. The number of nitrogens with one attached hydrogen (secondary N) is 1. The molecule has 0 saturated carbocycles. The molecule has 1 amide bonds. The summed E-state index contributed by atoms with van der Waals surface area (Å²) in [6.45, 7) is 3.44. The first-order chi connectivity index (χ1) is 6.63. The smallest absolute Gasteiger partial charge is 0.217 e. The zero-order valence-corrected chi connectivity index (χ0v) is 8.37. The zero-order valence-electron chi connectivity index (χ0n) is 8.37. The van der Waals surface area contributed by atoms with Crippen molar-refractivity contribution >= 4 is 5.91 Å². The van der Waals surface area contributed by atoms with Crippen LogP contribution in [-0.2, 0) is 4.79 Å². The lowest BCUT2D eigenvalue weighted by Crippen LogP contribution is -2.23. The summed E-state index contributed by atoms with van der Waals surface area (Å²) in [6.07, 6.45) is 5.24. The summed E-state index contributed by atoms with van der Waals surface area (Å²) >= 11 is 0. The largest absolute Gasteiger partial charge is 0.350 e. The number of hydrogen-bond acceptors (Lipinski definition) is 1. The molecule has 0 aliphatic carbocycles. The number of carbonyl (C=O) groups excluding carboxylic acids is 1. The van der Waals surface area contributed by atoms with Gasteiger partial charge in [-0.05, 0) is 24.6 Å². The van der Waals surface area contributed by atoms with Crippen molar-refractivity contribution in [1.82, 2.24) is 5.32 Å². The molecule has 0 saturated heterocycles. The zero-order chi connectivity index (χ0) is 10.6. The molecule has 0 spiro atoms. The Morgan fingerprint density at radius 1 is 1.43 bits per heavy atom. The maximum atomic E-state index is 10.8. The Morgan fingerprint density at radius 2 is 2.00 bits per heavy atom. The molecule has 0 aromatic heterocycles. The van der Waals surface area contributed by atoms with Crippen LogP contribution in [0.3, 0.4) is 0 Å². The summed E-state index contributed by atoms with van der Waals surface area (Å²) in [4.78, 5) is 10.8. The van der Waals surface area contributed by atoms with E-state index in [0.717, 1.165) is 11.1 Å². The first-order valence-corrected chi connectivity index (χ1v) is 4.47. The standard InChI is InChI=1S/C12H13NO/c1-4-11-5-7-12(8-6-11)9(2)13-10(3)14/h1,5-9H,2-3H3,(H,13,14)/t9-/m0/s1. The van der Waals surface area contributed by atoms with Crippen LogP contribution in [0, 0.1) is 12.3 Å². The van der Waals surface area contributed by atoms with Gasteiger partial charge >= 0.3 is 0 Å². The van der Waals surface area contributed by atoms with Gasteiger partial charge in [0.2, 0.25) is 5.91 Å². The van der Waals surface area contributed by atoms with Crippen LogP contribution in [0.4, 0.5) is 0 Å². The Kier molecular flexibility index (Phi) is 3.30. The fourth-order valence-electron chi connectivity index (χ4n) is 1.26. The van der Waals surface area contributed by atoms with Crippen molar-refractivity contribution in [2.24, 2.45) is 0 Å². The quantitative estimate of drug-likeness (QED) is 0.703. The molecule has 1 N–H and O–H groups in total. The third-order valence-electron chi connectivity index (χ3n) is 2.00. The third kappa shape index (κ3) is 2.63. The predicted octanol–water partition coefficient (Wildman–Crippen LogP) is 1.86. The van der Waals surface area contributed by atoms with E-state index in [9.17, 15) is 4.79 Å². The molecule has 0 unspecified atom stereocenters. The van der Waals surface area contributed by atoms with Crippen LogP contribution in [-0.4, -0.2) is 5.91 Å². The van der Waals surface area contributed by atoms with E-state index in [0.29, 0.717) is 0 Å². The minimum atomic E-state index is -0.0291. The number of hydrogen-bond donors (Lipinski definition) is 1. The van der Waals surface area contributed by atoms with Gasteiger partial charge in [-0.3, -0.25) is 4.79 Å². The normalized spacial score (nSPS) is 11.5. The van der Waals surface area contributed by atoms with E-state index in [4.69, 9.17) is 6.42 Å². The molecule has 2 nitrogen and oxygen atoms in total. The molecule has 0 heterocycles. The molecule has 0 aliphatic rings. The van der Waals surface area contributed by atoms with Gasteiger partial charge in [-0.1, -0.05) is 18.1 Å². The second-order valence-electron chi connectivity index (χ2n) is 3.19. The summed E-state index contributed by atoms with van der Waals surface area (Å²) < 4.78 is 0. The maximum Gasteiger partial charge on any atom is 0.217 e. The number of terminal acetylenes is 1.